The Morgan fingerprint density at radius 1 is 1.09 bits per heavy atom. The Hall–Kier alpha value is -3.44. The van der Waals surface area contributed by atoms with Crippen molar-refractivity contribution in [3.8, 4) is 28.8 Å². The molecule has 0 spiro atoms. The number of methoxy groups -OCH3 is 1. The van der Waals surface area contributed by atoms with Gasteiger partial charge in [0.1, 0.15) is 16.5 Å². The van der Waals surface area contributed by atoms with Gasteiger partial charge in [0.25, 0.3) is 10.0 Å². The molecule has 176 valence electrons. The third-order valence-corrected chi connectivity index (χ3v) is 6.62. The van der Waals surface area contributed by atoms with Gasteiger partial charge in [0.15, 0.2) is 5.82 Å². The molecule has 0 aliphatic rings. The van der Waals surface area contributed by atoms with Crippen LogP contribution in [-0.2, 0) is 10.0 Å². The van der Waals surface area contributed by atoms with E-state index in [9.17, 15) is 12.8 Å². The number of rotatable bonds is 8. The molecule has 0 unspecified atom stereocenters. The average Bonchev–Trinajstić information content (AvgIpc) is 3.23. The highest BCUT2D eigenvalue weighted by atomic mass is 79.9. The van der Waals surface area contributed by atoms with Crippen molar-refractivity contribution < 1.29 is 22.3 Å². The summed E-state index contributed by atoms with van der Waals surface area (Å²) in [6.07, 6.45) is 0. The lowest BCUT2D eigenvalue weighted by atomic mass is 10.2. The van der Waals surface area contributed by atoms with Gasteiger partial charge in [-0.15, -0.1) is 5.10 Å². The zero-order valence-corrected chi connectivity index (χ0v) is 20.6. The Labute approximate surface area is 204 Å². The number of halogens is 2. The van der Waals surface area contributed by atoms with E-state index in [-0.39, 0.29) is 16.7 Å². The van der Waals surface area contributed by atoms with Crippen molar-refractivity contribution in [1.82, 2.24) is 14.8 Å². The summed E-state index contributed by atoms with van der Waals surface area (Å²) in [6.45, 7) is 2.18. The van der Waals surface area contributed by atoms with Crippen LogP contribution in [0.1, 0.15) is 6.92 Å². The first-order chi connectivity index (χ1) is 16.3. The minimum absolute atomic E-state index is 0.000487. The average molecular weight is 547 g/mol. The summed E-state index contributed by atoms with van der Waals surface area (Å²) >= 11 is 3.29. The predicted octanol–water partition coefficient (Wildman–Crippen LogP) is 5.04. The maximum atomic E-state index is 13.8. The molecule has 34 heavy (non-hydrogen) atoms. The highest BCUT2D eigenvalue weighted by Gasteiger charge is 2.21. The fraction of sp³-hybridized carbons (Fsp3) is 0.130. The van der Waals surface area contributed by atoms with E-state index in [1.165, 1.54) is 30.0 Å². The lowest BCUT2D eigenvalue weighted by molar-refractivity contribution is 0.312. The summed E-state index contributed by atoms with van der Waals surface area (Å²) in [7, 11) is -2.51. The summed E-state index contributed by atoms with van der Waals surface area (Å²) in [4.78, 5) is 4.37. The monoisotopic (exact) mass is 546 g/mol. The smallest absolute Gasteiger partial charge is 0.336 e. The molecule has 1 aromatic heterocycles. The number of aromatic nitrogens is 3. The molecular weight excluding hydrogens is 527 g/mol. The first-order valence-electron chi connectivity index (χ1n) is 10.1. The molecule has 0 saturated heterocycles. The first kappa shape index (κ1) is 23.7. The molecule has 0 fully saturated rings. The van der Waals surface area contributed by atoms with E-state index in [1.54, 1.807) is 48.5 Å². The number of nitrogens with zero attached hydrogens (tertiary/aromatic N) is 3. The molecule has 1 heterocycles. The molecule has 0 aliphatic heterocycles. The molecule has 4 rings (SSSR count). The Kier molecular flexibility index (Phi) is 6.85. The second-order valence-corrected chi connectivity index (χ2v) is 9.59. The van der Waals surface area contributed by atoms with Gasteiger partial charge in [-0.25, -0.2) is 17.5 Å². The summed E-state index contributed by atoms with van der Waals surface area (Å²) in [5.41, 5.74) is 1.44. The summed E-state index contributed by atoms with van der Waals surface area (Å²) < 4.78 is 55.0. The molecule has 0 saturated carbocycles. The summed E-state index contributed by atoms with van der Waals surface area (Å²) in [5.74, 6) is 0.200. The number of sulfonamides is 1. The molecule has 0 aliphatic carbocycles. The topological polar surface area (TPSA) is 95.3 Å². The van der Waals surface area contributed by atoms with Crippen LogP contribution in [0.15, 0.2) is 76.1 Å². The Morgan fingerprint density at radius 2 is 1.85 bits per heavy atom. The van der Waals surface area contributed by atoms with E-state index in [1.807, 2.05) is 6.92 Å². The minimum Gasteiger partial charge on any atom is -0.495 e. The highest BCUT2D eigenvalue weighted by Crippen LogP contribution is 2.30. The number of nitrogens with one attached hydrogen (secondary N) is 1. The third-order valence-electron chi connectivity index (χ3n) is 4.72. The third kappa shape index (κ3) is 5.05. The fourth-order valence-corrected chi connectivity index (χ4v) is 4.99. The van der Waals surface area contributed by atoms with E-state index in [2.05, 4.69) is 30.7 Å². The van der Waals surface area contributed by atoms with Gasteiger partial charge in [-0.1, -0.05) is 28.1 Å². The minimum atomic E-state index is -3.92. The quantitative estimate of drug-likeness (QED) is 0.332. The fourth-order valence-electron chi connectivity index (χ4n) is 3.22. The van der Waals surface area contributed by atoms with Gasteiger partial charge in [0, 0.05) is 15.7 Å². The van der Waals surface area contributed by atoms with Crippen LogP contribution in [0.5, 0.6) is 11.8 Å². The van der Waals surface area contributed by atoms with Crippen LogP contribution in [0.3, 0.4) is 0 Å². The highest BCUT2D eigenvalue weighted by molar-refractivity contribution is 9.10. The van der Waals surface area contributed by atoms with Crippen molar-refractivity contribution in [2.75, 3.05) is 18.4 Å². The number of benzene rings is 3. The molecule has 4 aromatic rings. The second kappa shape index (κ2) is 9.82. The van der Waals surface area contributed by atoms with Gasteiger partial charge in [-0.05, 0) is 61.5 Å². The molecule has 0 atom stereocenters. The van der Waals surface area contributed by atoms with E-state index >= 15 is 0 Å². The lowest BCUT2D eigenvalue weighted by Crippen LogP contribution is -2.14. The van der Waals surface area contributed by atoms with Crippen molar-refractivity contribution in [3.63, 3.8) is 0 Å². The SMILES string of the molecule is CCOc1nc(-c2cccc(F)c2)n(-c2ccc(NS(=O)(=O)c3cc(Br)ccc3OC)cc2)n1. The van der Waals surface area contributed by atoms with Gasteiger partial charge in [0.2, 0.25) is 0 Å². The zero-order valence-electron chi connectivity index (χ0n) is 18.2. The van der Waals surface area contributed by atoms with Crippen molar-refractivity contribution in [2.45, 2.75) is 11.8 Å². The standard InChI is InChI=1S/C23H20BrFN4O4S/c1-3-33-23-26-22(15-5-4-6-17(25)13-15)29(27-23)19-10-8-18(9-11-19)28-34(30,31)21-14-16(24)7-12-20(21)32-2/h4-14,28H,3H2,1-2H3. The summed E-state index contributed by atoms with van der Waals surface area (Å²) in [5, 5.41) is 4.36. The van der Waals surface area contributed by atoms with Crippen LogP contribution in [0.2, 0.25) is 0 Å². The molecule has 3 aromatic carbocycles. The molecule has 1 N–H and O–H groups in total. The van der Waals surface area contributed by atoms with Crippen LogP contribution in [0, 0.1) is 5.82 Å². The number of anilines is 1. The van der Waals surface area contributed by atoms with Crippen LogP contribution < -0.4 is 14.2 Å². The Balaban J connectivity index is 1.67. The molecule has 0 amide bonds. The Bertz CT molecular complexity index is 1430. The second-order valence-electron chi connectivity index (χ2n) is 7.02. The molecular formula is C23H20BrFN4O4S. The first-order valence-corrected chi connectivity index (χ1v) is 12.4. The largest absolute Gasteiger partial charge is 0.495 e. The van der Waals surface area contributed by atoms with E-state index in [0.29, 0.717) is 33.8 Å². The predicted molar refractivity (Wildman–Crippen MR) is 129 cm³/mol. The number of ether oxygens (including phenoxy) is 2. The van der Waals surface area contributed by atoms with Gasteiger partial charge >= 0.3 is 6.01 Å². The van der Waals surface area contributed by atoms with Crippen molar-refractivity contribution in [2.24, 2.45) is 0 Å². The molecule has 8 nitrogen and oxygen atoms in total. The van der Waals surface area contributed by atoms with Gasteiger partial charge in [-0.3, -0.25) is 4.72 Å². The van der Waals surface area contributed by atoms with Crippen molar-refractivity contribution >= 4 is 31.6 Å². The zero-order chi connectivity index (χ0) is 24.3. The summed E-state index contributed by atoms with van der Waals surface area (Å²) in [6, 6.07) is 17.4. The maximum absolute atomic E-state index is 13.8. The number of hydrogen-bond acceptors (Lipinski definition) is 6. The Morgan fingerprint density at radius 3 is 2.53 bits per heavy atom. The van der Waals surface area contributed by atoms with E-state index in [0.717, 1.165) is 0 Å². The van der Waals surface area contributed by atoms with Crippen LogP contribution >= 0.6 is 15.9 Å². The molecule has 0 radical (unpaired) electrons. The van der Waals surface area contributed by atoms with Crippen molar-refractivity contribution in [1.29, 1.82) is 0 Å². The van der Waals surface area contributed by atoms with Gasteiger partial charge in [0.05, 0.1) is 19.4 Å². The van der Waals surface area contributed by atoms with Crippen LogP contribution in [-0.4, -0.2) is 36.9 Å². The van der Waals surface area contributed by atoms with E-state index < -0.39 is 15.8 Å². The van der Waals surface area contributed by atoms with Crippen LogP contribution in [0.25, 0.3) is 17.1 Å². The van der Waals surface area contributed by atoms with E-state index in [4.69, 9.17) is 9.47 Å². The van der Waals surface area contributed by atoms with Crippen molar-refractivity contribution in [3.05, 3.63) is 77.0 Å². The van der Waals surface area contributed by atoms with Gasteiger partial charge < -0.3 is 9.47 Å². The molecule has 0 bridgehead atoms. The lowest BCUT2D eigenvalue weighted by Gasteiger charge is -2.12. The maximum Gasteiger partial charge on any atom is 0.336 e. The van der Waals surface area contributed by atoms with Crippen LogP contribution in [0.4, 0.5) is 10.1 Å². The number of hydrogen-bond donors (Lipinski definition) is 1. The molecule has 11 heteroatoms. The van der Waals surface area contributed by atoms with Gasteiger partial charge in [-0.2, -0.15) is 4.98 Å². The normalized spacial score (nSPS) is 11.3.